The molecule has 3 N–H and O–H groups in total. The Morgan fingerprint density at radius 3 is 2.19 bits per heavy atom. The van der Waals surface area contributed by atoms with E-state index in [9.17, 15) is 14.4 Å². The zero-order valence-electron chi connectivity index (χ0n) is 12.0. The van der Waals surface area contributed by atoms with Gasteiger partial charge in [0.2, 0.25) is 5.91 Å². The van der Waals surface area contributed by atoms with Crippen molar-refractivity contribution in [2.75, 3.05) is 0 Å². The quantitative estimate of drug-likeness (QED) is 0.705. The fourth-order valence-corrected chi connectivity index (χ4v) is 1.85. The van der Waals surface area contributed by atoms with Gasteiger partial charge in [0.05, 0.1) is 5.41 Å². The van der Waals surface area contributed by atoms with E-state index in [0.717, 1.165) is 5.56 Å². The molecule has 0 saturated carbocycles. The highest BCUT2D eigenvalue weighted by Crippen LogP contribution is 2.23. The van der Waals surface area contributed by atoms with Crippen molar-refractivity contribution in [1.82, 2.24) is 5.32 Å². The van der Waals surface area contributed by atoms with Crippen LogP contribution in [-0.4, -0.2) is 34.1 Å². The maximum Gasteiger partial charge on any atom is 0.326 e. The zero-order valence-corrected chi connectivity index (χ0v) is 12.0. The van der Waals surface area contributed by atoms with Crippen LogP contribution in [0.5, 0.6) is 0 Å². The van der Waals surface area contributed by atoms with Gasteiger partial charge in [0, 0.05) is 6.42 Å². The molecule has 0 spiro atoms. The maximum atomic E-state index is 12.3. The van der Waals surface area contributed by atoms with Crippen LogP contribution in [0.2, 0.25) is 0 Å². The average Bonchev–Trinajstić information content (AvgIpc) is 2.43. The van der Waals surface area contributed by atoms with Gasteiger partial charge in [0.25, 0.3) is 0 Å². The highest BCUT2D eigenvalue weighted by Gasteiger charge is 2.32. The van der Waals surface area contributed by atoms with Gasteiger partial charge in [-0.15, -0.1) is 0 Å². The molecule has 0 saturated heterocycles. The van der Waals surface area contributed by atoms with Gasteiger partial charge < -0.3 is 15.5 Å². The van der Waals surface area contributed by atoms with Crippen LogP contribution in [-0.2, 0) is 19.8 Å². The van der Waals surface area contributed by atoms with Gasteiger partial charge in [-0.25, -0.2) is 4.79 Å². The van der Waals surface area contributed by atoms with E-state index in [0.29, 0.717) is 0 Å². The molecule has 6 nitrogen and oxygen atoms in total. The second-order valence-electron chi connectivity index (χ2n) is 5.29. The molecule has 1 aromatic carbocycles. The number of benzene rings is 1. The third-order valence-corrected chi connectivity index (χ3v) is 3.31. The molecule has 21 heavy (non-hydrogen) atoms. The molecule has 0 heterocycles. The number of amides is 1. The fraction of sp³-hybridized carbons (Fsp3) is 0.400. The first kappa shape index (κ1) is 16.7. The zero-order chi connectivity index (χ0) is 16.0. The molecule has 1 atom stereocenters. The summed E-state index contributed by atoms with van der Waals surface area (Å²) < 4.78 is 0. The van der Waals surface area contributed by atoms with Gasteiger partial charge in [0.15, 0.2) is 0 Å². The number of carboxylic acid groups (broad SMARTS) is 2. The van der Waals surface area contributed by atoms with Crippen molar-refractivity contribution in [2.24, 2.45) is 0 Å². The molecule has 1 aromatic rings. The number of carboxylic acids is 2. The van der Waals surface area contributed by atoms with E-state index >= 15 is 0 Å². The molecule has 0 aliphatic carbocycles. The molecule has 6 heteroatoms. The Balaban J connectivity index is 2.81. The van der Waals surface area contributed by atoms with Crippen LogP contribution >= 0.6 is 0 Å². The number of carbonyl (C=O) groups excluding carboxylic acids is 1. The van der Waals surface area contributed by atoms with Crippen LogP contribution in [0.15, 0.2) is 30.3 Å². The SMILES string of the molecule is CC(C)(C(=O)NC(CCC(=O)O)C(=O)O)c1ccccc1. The van der Waals surface area contributed by atoms with E-state index in [1.165, 1.54) is 0 Å². The lowest BCUT2D eigenvalue weighted by Crippen LogP contribution is -2.48. The van der Waals surface area contributed by atoms with Crippen molar-refractivity contribution in [3.8, 4) is 0 Å². The Hall–Kier alpha value is -2.37. The molecular formula is C15H19NO5. The molecule has 1 unspecified atom stereocenters. The number of nitrogens with one attached hydrogen (secondary N) is 1. The Morgan fingerprint density at radius 2 is 1.71 bits per heavy atom. The van der Waals surface area contributed by atoms with Crippen LogP contribution in [0.3, 0.4) is 0 Å². The van der Waals surface area contributed by atoms with Gasteiger partial charge >= 0.3 is 11.9 Å². The summed E-state index contributed by atoms with van der Waals surface area (Å²) in [4.78, 5) is 33.9. The molecule has 114 valence electrons. The lowest BCUT2D eigenvalue weighted by atomic mass is 9.83. The summed E-state index contributed by atoms with van der Waals surface area (Å²) in [5.74, 6) is -2.79. The Kier molecular flexibility index (Phi) is 5.46. The molecule has 0 radical (unpaired) electrons. The standard InChI is InChI=1S/C15H19NO5/c1-15(2,10-6-4-3-5-7-10)14(21)16-11(13(19)20)8-9-12(17)18/h3-7,11H,8-9H2,1-2H3,(H,16,21)(H,17,18)(H,19,20). The maximum absolute atomic E-state index is 12.3. The largest absolute Gasteiger partial charge is 0.481 e. The second-order valence-corrected chi connectivity index (χ2v) is 5.29. The van der Waals surface area contributed by atoms with Crippen molar-refractivity contribution in [3.05, 3.63) is 35.9 Å². The second kappa shape index (κ2) is 6.88. The van der Waals surface area contributed by atoms with Crippen molar-refractivity contribution < 1.29 is 24.6 Å². The van der Waals surface area contributed by atoms with Crippen molar-refractivity contribution in [3.63, 3.8) is 0 Å². The summed E-state index contributed by atoms with van der Waals surface area (Å²) in [7, 11) is 0. The van der Waals surface area contributed by atoms with Gasteiger partial charge in [0.1, 0.15) is 6.04 Å². The third kappa shape index (κ3) is 4.59. The summed E-state index contributed by atoms with van der Waals surface area (Å²) in [5, 5.41) is 20.1. The van der Waals surface area contributed by atoms with Crippen LogP contribution < -0.4 is 5.32 Å². The van der Waals surface area contributed by atoms with E-state index in [-0.39, 0.29) is 12.8 Å². The van der Waals surface area contributed by atoms with Gasteiger partial charge in [-0.3, -0.25) is 9.59 Å². The van der Waals surface area contributed by atoms with E-state index in [2.05, 4.69) is 5.32 Å². The first-order valence-electron chi connectivity index (χ1n) is 6.56. The van der Waals surface area contributed by atoms with E-state index in [1.807, 2.05) is 6.07 Å². The highest BCUT2D eigenvalue weighted by atomic mass is 16.4. The molecule has 0 aliphatic heterocycles. The van der Waals surface area contributed by atoms with Crippen LogP contribution in [0.1, 0.15) is 32.3 Å². The Bertz CT molecular complexity index is 524. The average molecular weight is 293 g/mol. The summed E-state index contributed by atoms with van der Waals surface area (Å²) in [6.45, 7) is 3.38. The molecule has 0 bridgehead atoms. The smallest absolute Gasteiger partial charge is 0.326 e. The van der Waals surface area contributed by atoms with Crippen molar-refractivity contribution in [1.29, 1.82) is 0 Å². The summed E-state index contributed by atoms with van der Waals surface area (Å²) in [6, 6.07) is 7.77. The number of hydrogen-bond acceptors (Lipinski definition) is 3. The minimum atomic E-state index is -1.24. The van der Waals surface area contributed by atoms with Crippen molar-refractivity contribution >= 4 is 17.8 Å². The fourth-order valence-electron chi connectivity index (χ4n) is 1.85. The number of carbonyl (C=O) groups is 3. The first-order chi connectivity index (χ1) is 9.75. The topological polar surface area (TPSA) is 104 Å². The Labute approximate surface area is 122 Å². The molecule has 1 rings (SSSR count). The van der Waals surface area contributed by atoms with Crippen molar-refractivity contribution in [2.45, 2.75) is 38.1 Å². The van der Waals surface area contributed by atoms with E-state index in [1.54, 1.807) is 38.1 Å². The van der Waals surface area contributed by atoms with E-state index < -0.39 is 29.3 Å². The minimum Gasteiger partial charge on any atom is -0.481 e. The molecular weight excluding hydrogens is 274 g/mol. The summed E-state index contributed by atoms with van der Waals surface area (Å²) in [6.07, 6.45) is -0.468. The number of hydrogen-bond donors (Lipinski definition) is 3. The minimum absolute atomic E-state index is 0.152. The monoisotopic (exact) mass is 293 g/mol. The first-order valence-corrected chi connectivity index (χ1v) is 6.56. The van der Waals surface area contributed by atoms with Crippen LogP contribution in [0, 0.1) is 0 Å². The highest BCUT2D eigenvalue weighted by molar-refractivity contribution is 5.91. The molecule has 0 aliphatic rings. The normalized spacial score (nSPS) is 12.5. The summed E-state index contributed by atoms with van der Waals surface area (Å²) in [5.41, 5.74) is -0.150. The van der Waals surface area contributed by atoms with Crippen LogP contribution in [0.4, 0.5) is 0 Å². The number of rotatable bonds is 7. The molecule has 1 amide bonds. The van der Waals surface area contributed by atoms with Gasteiger partial charge in [-0.05, 0) is 25.8 Å². The predicted octanol–water partition coefficient (Wildman–Crippen LogP) is 1.40. The Morgan fingerprint density at radius 1 is 1.14 bits per heavy atom. The predicted molar refractivity (Wildman–Crippen MR) is 75.9 cm³/mol. The third-order valence-electron chi connectivity index (χ3n) is 3.31. The van der Waals surface area contributed by atoms with E-state index in [4.69, 9.17) is 10.2 Å². The lowest BCUT2D eigenvalue weighted by Gasteiger charge is -2.26. The molecule has 0 fully saturated rings. The summed E-state index contributed by atoms with van der Waals surface area (Å²) >= 11 is 0. The van der Waals surface area contributed by atoms with Gasteiger partial charge in [-0.1, -0.05) is 30.3 Å². The molecule has 0 aromatic heterocycles. The number of aliphatic carboxylic acids is 2. The van der Waals surface area contributed by atoms with Crippen LogP contribution in [0.25, 0.3) is 0 Å². The lowest BCUT2D eigenvalue weighted by molar-refractivity contribution is -0.143. The van der Waals surface area contributed by atoms with Gasteiger partial charge in [-0.2, -0.15) is 0 Å².